The number of hydrogen-bond acceptors (Lipinski definition) is 6. The van der Waals surface area contributed by atoms with E-state index in [9.17, 15) is 4.79 Å². The van der Waals surface area contributed by atoms with E-state index in [0.29, 0.717) is 12.2 Å². The van der Waals surface area contributed by atoms with Gasteiger partial charge in [-0.15, -0.1) is 0 Å². The molecule has 5 aromatic carbocycles. The number of imidazole rings is 2. The number of carbonyl (C=O) groups is 1. The number of nitrogens with zero attached hydrogens (tertiary/aromatic N) is 2. The molecule has 4 N–H and O–H groups in total. The van der Waals surface area contributed by atoms with Crippen molar-refractivity contribution >= 4 is 39.7 Å². The van der Waals surface area contributed by atoms with Gasteiger partial charge in [-0.3, -0.25) is 5.41 Å². The average molecular weight is 659 g/mol. The first kappa shape index (κ1) is 32.4. The van der Waals surface area contributed by atoms with E-state index >= 15 is 0 Å². The summed E-state index contributed by atoms with van der Waals surface area (Å²) in [6.07, 6.45) is 4.58. The van der Waals surface area contributed by atoms with Crippen LogP contribution in [0, 0.1) is 10.8 Å². The minimum Gasteiger partial charge on any atom is -0.456 e. The smallest absolute Gasteiger partial charge is 0.353 e. The van der Waals surface area contributed by atoms with Crippen LogP contribution in [0.15, 0.2) is 115 Å². The fraction of sp³-hybridized carbons (Fsp3) is 0.167. The first-order valence-corrected chi connectivity index (χ1v) is 16.9. The lowest BCUT2D eigenvalue weighted by atomic mass is 9.97. The number of benzene rings is 5. The molecule has 2 aromatic heterocycles. The summed E-state index contributed by atoms with van der Waals surface area (Å²) < 4.78 is 5.41. The molecule has 8 nitrogen and oxygen atoms in total. The van der Waals surface area contributed by atoms with Crippen molar-refractivity contribution in [3.05, 3.63) is 133 Å². The van der Waals surface area contributed by atoms with Crippen LogP contribution in [0.25, 0.3) is 55.3 Å². The lowest BCUT2D eigenvalue weighted by Crippen LogP contribution is -2.24. The van der Waals surface area contributed by atoms with E-state index in [4.69, 9.17) is 20.5 Å². The van der Waals surface area contributed by atoms with Gasteiger partial charge in [0.05, 0.1) is 34.8 Å². The highest BCUT2D eigenvalue weighted by molar-refractivity contribution is 6.37. The Morgan fingerprint density at radius 2 is 1.40 bits per heavy atom. The molecule has 248 valence electrons. The lowest BCUT2D eigenvalue weighted by Gasteiger charge is -2.13. The van der Waals surface area contributed by atoms with E-state index in [0.717, 1.165) is 73.1 Å². The molecule has 8 heteroatoms. The first-order chi connectivity index (χ1) is 24.4. The third-order valence-corrected chi connectivity index (χ3v) is 9.31. The largest absolute Gasteiger partial charge is 0.456 e. The minimum atomic E-state index is -0.635. The van der Waals surface area contributed by atoms with Gasteiger partial charge in [0.15, 0.2) is 0 Å². The fourth-order valence-electron chi connectivity index (χ4n) is 6.36. The molecular formula is C42H38N6O2. The van der Waals surface area contributed by atoms with E-state index in [-0.39, 0.29) is 18.2 Å². The van der Waals surface area contributed by atoms with Crippen LogP contribution in [0.5, 0.6) is 0 Å². The number of fused-ring (bicyclic) bond motifs is 2. The summed E-state index contributed by atoms with van der Waals surface area (Å²) in [4.78, 5) is 28.7. The molecule has 0 aliphatic heterocycles. The molecule has 0 aliphatic rings. The van der Waals surface area contributed by atoms with Gasteiger partial charge in [-0.2, -0.15) is 0 Å². The molecule has 7 rings (SSSR count). The normalized spacial score (nSPS) is 12.5. The molecule has 0 unspecified atom stereocenters. The van der Waals surface area contributed by atoms with Crippen molar-refractivity contribution in [3.8, 4) is 33.5 Å². The van der Waals surface area contributed by atoms with Crippen molar-refractivity contribution in [3.63, 3.8) is 0 Å². The maximum absolute atomic E-state index is 12.7. The predicted octanol–water partition coefficient (Wildman–Crippen LogP) is 9.84. The quantitative estimate of drug-likeness (QED) is 0.0769. The summed E-state index contributed by atoms with van der Waals surface area (Å²) >= 11 is 0. The third-order valence-electron chi connectivity index (χ3n) is 9.31. The molecule has 0 aliphatic carbocycles. The molecule has 0 fully saturated rings. The standard InChI is InChI=1S/C42H38N6O2/c1-3-27(23-43)40-46-36-19-18-34(22-37(36)47-40)33-17-16-31-20-30(14-15-32(31)21-33)28-10-12-29(13-11-28)38-24-45-41(48-38)35(4-2)39(44)42(49)50-25-26-8-6-5-7-9-26/h5-24,27,35,43-44H,3-4,25H2,1-2H3,(H,45,48)(H,46,47)/t27-,35-/m0/s1. The van der Waals surface area contributed by atoms with Gasteiger partial charge in [-0.05, 0) is 81.3 Å². The van der Waals surface area contributed by atoms with Crippen molar-refractivity contribution in [2.45, 2.75) is 45.1 Å². The Labute approximate surface area is 290 Å². The summed E-state index contributed by atoms with van der Waals surface area (Å²) in [6, 6.07) is 37.1. The topological polar surface area (TPSA) is 131 Å². The maximum Gasteiger partial charge on any atom is 0.353 e. The molecule has 2 heterocycles. The Balaban J connectivity index is 1.04. The van der Waals surface area contributed by atoms with Crippen molar-refractivity contribution in [1.82, 2.24) is 19.9 Å². The van der Waals surface area contributed by atoms with Crippen LogP contribution in [0.2, 0.25) is 0 Å². The van der Waals surface area contributed by atoms with Crippen molar-refractivity contribution < 1.29 is 9.53 Å². The molecule has 0 bridgehead atoms. The predicted molar refractivity (Wildman–Crippen MR) is 201 cm³/mol. The second-order valence-corrected chi connectivity index (χ2v) is 12.5. The van der Waals surface area contributed by atoms with Gasteiger partial charge in [-0.25, -0.2) is 14.8 Å². The first-order valence-electron chi connectivity index (χ1n) is 16.9. The van der Waals surface area contributed by atoms with E-state index < -0.39 is 11.9 Å². The molecule has 7 aromatic rings. The fourth-order valence-corrected chi connectivity index (χ4v) is 6.36. The molecule has 0 amide bonds. The molecule has 0 spiro atoms. The monoisotopic (exact) mass is 658 g/mol. The SMILES string of the molecule is CC[C@@H](C=N)c1nc2ccc(-c3ccc4cc(-c5ccc(-c6cnc([C@@H](CC)C(=N)C(=O)OCc7ccccc7)[nH]6)cc5)ccc4c3)cc2[nH]1. The highest BCUT2D eigenvalue weighted by atomic mass is 16.5. The van der Waals surface area contributed by atoms with Gasteiger partial charge in [0, 0.05) is 6.21 Å². The van der Waals surface area contributed by atoms with Crippen LogP contribution >= 0.6 is 0 Å². The van der Waals surface area contributed by atoms with Gasteiger partial charge in [0.2, 0.25) is 0 Å². The number of H-pyrrole nitrogens is 2. The zero-order chi connectivity index (χ0) is 34.6. The van der Waals surface area contributed by atoms with Gasteiger partial charge >= 0.3 is 5.97 Å². The average Bonchev–Trinajstić information content (AvgIpc) is 3.82. The number of hydrogen-bond donors (Lipinski definition) is 4. The Hall–Kier alpha value is -6.15. The van der Waals surface area contributed by atoms with Crippen LogP contribution in [0.4, 0.5) is 0 Å². The molecule has 2 atom stereocenters. The van der Waals surface area contributed by atoms with Crippen molar-refractivity contribution in [1.29, 1.82) is 10.8 Å². The van der Waals surface area contributed by atoms with Crippen LogP contribution < -0.4 is 0 Å². The summed E-state index contributed by atoms with van der Waals surface area (Å²) in [7, 11) is 0. The molecule has 0 saturated heterocycles. The summed E-state index contributed by atoms with van der Waals surface area (Å²) in [5, 5.41) is 18.5. The van der Waals surface area contributed by atoms with Crippen molar-refractivity contribution in [2.75, 3.05) is 0 Å². The number of aromatic amines is 2. The molecule has 0 radical (unpaired) electrons. The summed E-state index contributed by atoms with van der Waals surface area (Å²) in [5.74, 6) is 0.286. The highest BCUT2D eigenvalue weighted by Crippen LogP contribution is 2.32. The minimum absolute atomic E-state index is 0.000136. The summed E-state index contributed by atoms with van der Waals surface area (Å²) in [6.45, 7) is 4.13. The number of carbonyl (C=O) groups excluding carboxylic acids is 1. The van der Waals surface area contributed by atoms with E-state index in [1.165, 1.54) is 6.21 Å². The Morgan fingerprint density at radius 1 is 0.760 bits per heavy atom. The Bertz CT molecular complexity index is 2320. The van der Waals surface area contributed by atoms with Crippen LogP contribution in [-0.4, -0.2) is 37.8 Å². The van der Waals surface area contributed by atoms with Gasteiger partial charge < -0.3 is 20.1 Å². The van der Waals surface area contributed by atoms with Crippen molar-refractivity contribution in [2.24, 2.45) is 0 Å². The molecule has 0 saturated carbocycles. The van der Waals surface area contributed by atoms with E-state index in [2.05, 4.69) is 94.7 Å². The van der Waals surface area contributed by atoms with Gasteiger partial charge in [-0.1, -0.05) is 98.8 Å². The van der Waals surface area contributed by atoms with Crippen LogP contribution in [0.1, 0.15) is 55.7 Å². The van der Waals surface area contributed by atoms with Crippen LogP contribution in [0.3, 0.4) is 0 Å². The molecule has 50 heavy (non-hydrogen) atoms. The van der Waals surface area contributed by atoms with E-state index in [1.807, 2.05) is 43.3 Å². The Morgan fingerprint density at radius 3 is 2.08 bits per heavy atom. The second kappa shape index (κ2) is 14.1. The lowest BCUT2D eigenvalue weighted by molar-refractivity contribution is -0.137. The number of esters is 1. The number of rotatable bonds is 12. The van der Waals surface area contributed by atoms with E-state index in [1.54, 1.807) is 6.20 Å². The number of aromatic nitrogens is 4. The van der Waals surface area contributed by atoms with Crippen LogP contribution in [-0.2, 0) is 16.1 Å². The number of ether oxygens (including phenoxy) is 1. The summed E-state index contributed by atoms with van der Waals surface area (Å²) in [5.41, 5.74) is 8.93. The third kappa shape index (κ3) is 6.60. The second-order valence-electron chi connectivity index (χ2n) is 12.5. The number of nitrogens with one attached hydrogen (secondary N) is 4. The maximum atomic E-state index is 12.7. The highest BCUT2D eigenvalue weighted by Gasteiger charge is 2.25. The Kier molecular flexibility index (Phi) is 9.16. The van der Waals surface area contributed by atoms with Gasteiger partial charge in [0.1, 0.15) is 24.0 Å². The van der Waals surface area contributed by atoms with Gasteiger partial charge in [0.25, 0.3) is 0 Å². The zero-order valence-electron chi connectivity index (χ0n) is 28.0. The zero-order valence-corrected chi connectivity index (χ0v) is 28.0. The molecular weight excluding hydrogens is 621 g/mol.